The molecule has 1 amide bonds. The largest absolute Gasteiger partial charge is 0.480 e. The van der Waals surface area contributed by atoms with Crippen molar-refractivity contribution in [1.82, 2.24) is 10.2 Å². The summed E-state index contributed by atoms with van der Waals surface area (Å²) < 4.78 is 0. The summed E-state index contributed by atoms with van der Waals surface area (Å²) >= 11 is 0. The van der Waals surface area contributed by atoms with Gasteiger partial charge in [-0.25, -0.2) is 0 Å². The molecular formula is C16H28N2O3. The Kier molecular flexibility index (Phi) is 8.05. The van der Waals surface area contributed by atoms with Crippen LogP contribution in [0, 0.1) is 0 Å². The van der Waals surface area contributed by atoms with E-state index in [0.717, 1.165) is 25.7 Å². The molecule has 0 heterocycles. The van der Waals surface area contributed by atoms with Gasteiger partial charge in [-0.2, -0.15) is 0 Å². The average Bonchev–Trinajstić information content (AvgIpc) is 2.46. The number of carboxylic acid groups (broad SMARTS) is 1. The lowest BCUT2D eigenvalue weighted by atomic mass is 9.97. The van der Waals surface area contributed by atoms with Gasteiger partial charge in [0.05, 0.1) is 13.1 Å². The molecule has 5 heteroatoms. The fourth-order valence-corrected chi connectivity index (χ4v) is 2.53. The number of aliphatic carboxylic acids is 1. The van der Waals surface area contributed by atoms with Crippen LogP contribution in [0.4, 0.5) is 0 Å². The van der Waals surface area contributed by atoms with Gasteiger partial charge in [-0.3, -0.25) is 14.5 Å². The monoisotopic (exact) mass is 296 g/mol. The van der Waals surface area contributed by atoms with Gasteiger partial charge in [0.1, 0.15) is 0 Å². The van der Waals surface area contributed by atoms with Gasteiger partial charge in [0, 0.05) is 12.6 Å². The number of carboxylic acids is 1. The lowest BCUT2D eigenvalue weighted by Gasteiger charge is -2.25. The van der Waals surface area contributed by atoms with E-state index >= 15 is 0 Å². The third kappa shape index (κ3) is 7.27. The molecule has 0 saturated heterocycles. The summed E-state index contributed by atoms with van der Waals surface area (Å²) in [5, 5.41) is 11.8. The Morgan fingerprint density at radius 1 is 1.38 bits per heavy atom. The zero-order valence-electron chi connectivity index (χ0n) is 13.2. The first-order valence-corrected chi connectivity index (χ1v) is 7.93. The van der Waals surface area contributed by atoms with E-state index in [1.165, 1.54) is 18.4 Å². The summed E-state index contributed by atoms with van der Waals surface area (Å²) in [6, 6.07) is 0.0907. The Labute approximate surface area is 127 Å². The second-order valence-electron chi connectivity index (χ2n) is 5.76. The molecule has 5 nitrogen and oxygen atoms in total. The van der Waals surface area contributed by atoms with Crippen molar-refractivity contribution in [2.24, 2.45) is 0 Å². The van der Waals surface area contributed by atoms with Crippen molar-refractivity contribution < 1.29 is 14.7 Å². The maximum Gasteiger partial charge on any atom is 0.317 e. The number of allylic oxidation sites excluding steroid dienone is 1. The molecule has 0 aromatic heterocycles. The van der Waals surface area contributed by atoms with Gasteiger partial charge in [-0.1, -0.05) is 18.6 Å². The predicted molar refractivity (Wildman–Crippen MR) is 83.1 cm³/mol. The van der Waals surface area contributed by atoms with Crippen LogP contribution < -0.4 is 5.32 Å². The smallest absolute Gasteiger partial charge is 0.317 e. The van der Waals surface area contributed by atoms with Gasteiger partial charge in [0.15, 0.2) is 0 Å². The molecule has 21 heavy (non-hydrogen) atoms. The van der Waals surface area contributed by atoms with Crippen LogP contribution in [0.15, 0.2) is 11.6 Å². The minimum absolute atomic E-state index is 0.0897. The molecule has 1 rings (SSSR count). The molecule has 0 saturated carbocycles. The van der Waals surface area contributed by atoms with Gasteiger partial charge >= 0.3 is 5.97 Å². The van der Waals surface area contributed by atoms with E-state index in [2.05, 4.69) is 11.4 Å². The maximum absolute atomic E-state index is 11.9. The van der Waals surface area contributed by atoms with E-state index in [1.54, 1.807) is 4.90 Å². The van der Waals surface area contributed by atoms with Crippen LogP contribution in [-0.4, -0.2) is 47.6 Å². The van der Waals surface area contributed by atoms with Gasteiger partial charge < -0.3 is 10.4 Å². The summed E-state index contributed by atoms with van der Waals surface area (Å²) in [4.78, 5) is 24.5. The number of carbonyl (C=O) groups is 2. The van der Waals surface area contributed by atoms with Gasteiger partial charge in [-0.15, -0.1) is 0 Å². The molecule has 0 aromatic carbocycles. The highest BCUT2D eigenvalue weighted by Gasteiger charge is 2.18. The first-order chi connectivity index (χ1) is 10.0. The van der Waals surface area contributed by atoms with Crippen molar-refractivity contribution in [3.63, 3.8) is 0 Å². The summed E-state index contributed by atoms with van der Waals surface area (Å²) in [6.07, 6.45) is 8.85. The van der Waals surface area contributed by atoms with Crippen molar-refractivity contribution in [1.29, 1.82) is 0 Å². The van der Waals surface area contributed by atoms with Crippen LogP contribution in [0.2, 0.25) is 0 Å². The predicted octanol–water partition coefficient (Wildman–Crippen LogP) is 2.18. The van der Waals surface area contributed by atoms with Crippen LogP contribution in [0.1, 0.15) is 52.4 Å². The minimum Gasteiger partial charge on any atom is -0.480 e. The van der Waals surface area contributed by atoms with Crippen LogP contribution in [-0.2, 0) is 9.59 Å². The quantitative estimate of drug-likeness (QED) is 0.640. The van der Waals surface area contributed by atoms with E-state index in [9.17, 15) is 9.59 Å². The van der Waals surface area contributed by atoms with Crippen LogP contribution in [0.3, 0.4) is 0 Å². The standard InChI is InChI=1S/C16H28N2O3/c1-3-13(2)18(12-16(20)21)11-15(19)17-10-9-14-7-5-4-6-8-14/h7,13H,3-6,8-12H2,1-2H3,(H,17,19)(H,20,21). The highest BCUT2D eigenvalue weighted by atomic mass is 16.4. The third-order valence-electron chi connectivity index (χ3n) is 4.05. The molecule has 0 radical (unpaired) electrons. The first-order valence-electron chi connectivity index (χ1n) is 7.93. The van der Waals surface area contributed by atoms with E-state index in [0.29, 0.717) is 6.54 Å². The first kappa shape index (κ1) is 17.7. The Morgan fingerprint density at radius 2 is 2.14 bits per heavy atom. The zero-order valence-corrected chi connectivity index (χ0v) is 13.2. The molecule has 2 N–H and O–H groups in total. The van der Waals surface area contributed by atoms with Gasteiger partial charge in [-0.05, 0) is 45.4 Å². The fourth-order valence-electron chi connectivity index (χ4n) is 2.53. The third-order valence-corrected chi connectivity index (χ3v) is 4.05. The summed E-state index contributed by atoms with van der Waals surface area (Å²) in [6.45, 7) is 4.65. The summed E-state index contributed by atoms with van der Waals surface area (Å²) in [5.74, 6) is -0.983. The van der Waals surface area contributed by atoms with Gasteiger partial charge in [0.25, 0.3) is 0 Å². The molecule has 0 fully saturated rings. The molecular weight excluding hydrogens is 268 g/mol. The zero-order chi connectivity index (χ0) is 15.7. The molecule has 1 unspecified atom stereocenters. The van der Waals surface area contributed by atoms with Crippen LogP contribution in [0.5, 0.6) is 0 Å². The Morgan fingerprint density at radius 3 is 2.71 bits per heavy atom. The number of rotatable bonds is 9. The number of hydrogen-bond donors (Lipinski definition) is 2. The number of amides is 1. The average molecular weight is 296 g/mol. The Balaban J connectivity index is 2.32. The lowest BCUT2D eigenvalue weighted by Crippen LogP contribution is -2.44. The Hall–Kier alpha value is -1.36. The SMILES string of the molecule is CCC(C)N(CC(=O)O)CC(=O)NCCC1=CCCCC1. The molecule has 1 aliphatic carbocycles. The fraction of sp³-hybridized carbons (Fsp3) is 0.750. The van der Waals surface area contributed by atoms with Crippen molar-refractivity contribution in [3.05, 3.63) is 11.6 Å². The molecule has 0 bridgehead atoms. The normalized spacial score (nSPS) is 16.4. The summed E-state index contributed by atoms with van der Waals surface area (Å²) in [5.41, 5.74) is 1.44. The summed E-state index contributed by atoms with van der Waals surface area (Å²) in [7, 11) is 0. The molecule has 1 atom stereocenters. The molecule has 0 aromatic rings. The number of hydrogen-bond acceptors (Lipinski definition) is 3. The lowest BCUT2D eigenvalue weighted by molar-refractivity contribution is -0.139. The number of nitrogens with zero attached hydrogens (tertiary/aromatic N) is 1. The second-order valence-corrected chi connectivity index (χ2v) is 5.76. The highest BCUT2D eigenvalue weighted by Crippen LogP contribution is 2.19. The van der Waals surface area contributed by atoms with Crippen molar-refractivity contribution in [2.75, 3.05) is 19.6 Å². The van der Waals surface area contributed by atoms with E-state index < -0.39 is 5.97 Å². The maximum atomic E-state index is 11.9. The topological polar surface area (TPSA) is 69.6 Å². The molecule has 120 valence electrons. The molecule has 0 spiro atoms. The highest BCUT2D eigenvalue weighted by molar-refractivity contribution is 5.79. The van der Waals surface area contributed by atoms with Crippen LogP contribution >= 0.6 is 0 Å². The van der Waals surface area contributed by atoms with E-state index in [4.69, 9.17) is 5.11 Å². The van der Waals surface area contributed by atoms with Crippen LogP contribution in [0.25, 0.3) is 0 Å². The number of carbonyl (C=O) groups excluding carboxylic acids is 1. The Bertz CT molecular complexity index is 380. The second kappa shape index (κ2) is 9.55. The van der Waals surface area contributed by atoms with Gasteiger partial charge in [0.2, 0.25) is 5.91 Å². The minimum atomic E-state index is -0.893. The van der Waals surface area contributed by atoms with E-state index in [1.807, 2.05) is 13.8 Å². The van der Waals surface area contributed by atoms with Crippen molar-refractivity contribution in [3.8, 4) is 0 Å². The van der Waals surface area contributed by atoms with Crippen molar-refractivity contribution >= 4 is 11.9 Å². The van der Waals surface area contributed by atoms with E-state index in [-0.39, 0.29) is 25.0 Å². The molecule has 0 aliphatic heterocycles. The van der Waals surface area contributed by atoms with Crippen molar-refractivity contribution in [2.45, 2.75) is 58.4 Å². The molecule has 1 aliphatic rings. The number of nitrogens with one attached hydrogen (secondary N) is 1.